The van der Waals surface area contributed by atoms with Crippen molar-refractivity contribution in [3.05, 3.63) is 0 Å². The average molecular weight is 262 g/mol. The molecule has 9 heteroatoms. The lowest BCUT2D eigenvalue weighted by Crippen LogP contribution is -2.07. The highest BCUT2D eigenvalue weighted by atomic mass is 31.2. The summed E-state index contributed by atoms with van der Waals surface area (Å²) >= 11 is 0. The van der Waals surface area contributed by atoms with E-state index in [1.54, 1.807) is 0 Å². The first-order valence-corrected chi connectivity index (χ1v) is 8.23. The van der Waals surface area contributed by atoms with Gasteiger partial charge in [-0.25, -0.2) is 0 Å². The molecule has 0 saturated heterocycles. The highest BCUT2D eigenvalue weighted by Gasteiger charge is 2.10. The molecule has 0 fully saturated rings. The second-order valence-electron chi connectivity index (χ2n) is 2.88. The minimum absolute atomic E-state index is 0.00676. The molecule has 0 saturated carbocycles. The molecule has 0 aromatic carbocycles. The second-order valence-corrected chi connectivity index (χ2v) is 6.61. The summed E-state index contributed by atoms with van der Waals surface area (Å²) < 4.78 is 35.2. The van der Waals surface area contributed by atoms with Gasteiger partial charge in [0.15, 0.2) is 0 Å². The molecule has 2 unspecified atom stereocenters. The first-order chi connectivity index (χ1) is 6.71. The fourth-order valence-electron chi connectivity index (χ4n) is 0.633. The van der Waals surface area contributed by atoms with Gasteiger partial charge >= 0.3 is 15.2 Å². The van der Waals surface area contributed by atoms with E-state index < -0.39 is 15.2 Å². The number of rotatable bonds is 8. The molecular formula is C6H16O7P2. The third-order valence-corrected chi connectivity index (χ3v) is 2.44. The fraction of sp³-hybridized carbons (Fsp3) is 1.00. The van der Waals surface area contributed by atoms with Crippen LogP contribution < -0.4 is 0 Å². The van der Waals surface area contributed by atoms with Gasteiger partial charge in [-0.3, -0.25) is 9.13 Å². The van der Waals surface area contributed by atoms with Gasteiger partial charge in [0.05, 0.1) is 26.4 Å². The predicted octanol–water partition coefficient (Wildman–Crippen LogP) is 0.667. The van der Waals surface area contributed by atoms with Gasteiger partial charge in [-0.15, -0.1) is 0 Å². The molecule has 0 amide bonds. The first kappa shape index (κ1) is 15.3. The van der Waals surface area contributed by atoms with Gasteiger partial charge in [-0.1, -0.05) is 0 Å². The van der Waals surface area contributed by atoms with Crippen LogP contribution in [0.2, 0.25) is 0 Å². The van der Waals surface area contributed by atoms with E-state index in [1.807, 2.05) is 0 Å². The van der Waals surface area contributed by atoms with Gasteiger partial charge < -0.3 is 23.6 Å². The molecule has 0 aliphatic heterocycles. The van der Waals surface area contributed by atoms with Gasteiger partial charge in [-0.05, 0) is 0 Å². The van der Waals surface area contributed by atoms with Crippen LogP contribution in [-0.4, -0.2) is 49.5 Å². The fourth-order valence-corrected chi connectivity index (χ4v) is 1.46. The normalized spacial score (nSPS) is 19.5. The molecule has 0 aliphatic carbocycles. The van der Waals surface area contributed by atoms with E-state index in [-0.39, 0.29) is 26.4 Å². The van der Waals surface area contributed by atoms with Gasteiger partial charge in [-0.2, -0.15) is 0 Å². The summed E-state index contributed by atoms with van der Waals surface area (Å²) in [5.41, 5.74) is 0. The topological polar surface area (TPSA) is 102 Å². The van der Waals surface area contributed by atoms with Crippen molar-refractivity contribution in [1.29, 1.82) is 0 Å². The van der Waals surface area contributed by atoms with Crippen molar-refractivity contribution in [2.45, 2.75) is 0 Å². The van der Waals surface area contributed by atoms with E-state index in [4.69, 9.17) is 14.5 Å². The Morgan fingerprint density at radius 3 is 1.47 bits per heavy atom. The van der Waals surface area contributed by atoms with Crippen LogP contribution in [0.1, 0.15) is 0 Å². The number of hydrogen-bond donors (Lipinski definition) is 2. The van der Waals surface area contributed by atoms with Crippen molar-refractivity contribution in [2.24, 2.45) is 0 Å². The van der Waals surface area contributed by atoms with Crippen LogP contribution in [0.15, 0.2) is 0 Å². The molecular weight excluding hydrogens is 246 g/mol. The van der Waals surface area contributed by atoms with E-state index in [0.29, 0.717) is 0 Å². The van der Waals surface area contributed by atoms with Crippen molar-refractivity contribution >= 4 is 15.2 Å². The van der Waals surface area contributed by atoms with Crippen LogP contribution in [-0.2, 0) is 22.9 Å². The predicted molar refractivity (Wildman–Crippen MR) is 54.2 cm³/mol. The molecule has 92 valence electrons. The zero-order valence-corrected chi connectivity index (χ0v) is 10.4. The third-order valence-electron chi connectivity index (χ3n) is 1.12. The van der Waals surface area contributed by atoms with Crippen LogP contribution in [0, 0.1) is 0 Å². The Labute approximate surface area is 88.4 Å². The molecule has 15 heavy (non-hydrogen) atoms. The quantitative estimate of drug-likeness (QED) is 0.489. The maximum Gasteiger partial charge on any atom is 0.325 e. The minimum atomic E-state index is -3.44. The summed E-state index contributed by atoms with van der Waals surface area (Å²) in [6, 6.07) is 0. The van der Waals surface area contributed by atoms with Gasteiger partial charge in [0, 0.05) is 13.3 Å². The van der Waals surface area contributed by atoms with E-state index in [9.17, 15) is 9.13 Å². The maximum absolute atomic E-state index is 10.6. The lowest BCUT2D eigenvalue weighted by atomic mass is 10.7. The Morgan fingerprint density at radius 2 is 1.20 bits per heavy atom. The molecule has 2 N–H and O–H groups in total. The van der Waals surface area contributed by atoms with Crippen molar-refractivity contribution < 1.29 is 32.7 Å². The van der Waals surface area contributed by atoms with Crippen LogP contribution in [0.4, 0.5) is 0 Å². The molecule has 0 bridgehead atoms. The summed E-state index contributed by atoms with van der Waals surface area (Å²) in [4.78, 5) is 17.4. The molecule has 0 heterocycles. The van der Waals surface area contributed by atoms with Crippen LogP contribution in [0.25, 0.3) is 0 Å². The summed E-state index contributed by atoms with van der Waals surface area (Å²) in [5, 5.41) is 0. The van der Waals surface area contributed by atoms with Crippen LogP contribution in [0.5, 0.6) is 0 Å². The lowest BCUT2D eigenvalue weighted by molar-refractivity contribution is 0.0714. The summed E-state index contributed by atoms with van der Waals surface area (Å²) in [7, 11) is -6.89. The summed E-state index contributed by atoms with van der Waals surface area (Å²) in [5.74, 6) is 0. The molecule has 0 spiro atoms. The Kier molecular flexibility index (Phi) is 6.88. The molecule has 0 aliphatic rings. The summed E-state index contributed by atoms with van der Waals surface area (Å²) in [6.07, 6.45) is 0. The Bertz CT molecular complexity index is 228. The van der Waals surface area contributed by atoms with Crippen LogP contribution >= 0.6 is 15.2 Å². The zero-order valence-electron chi connectivity index (χ0n) is 8.66. The number of ether oxygens (including phenoxy) is 1. The Balaban J connectivity index is 3.27. The van der Waals surface area contributed by atoms with E-state index in [2.05, 4.69) is 9.05 Å². The highest BCUT2D eigenvalue weighted by molar-refractivity contribution is 7.52. The molecule has 0 aromatic rings. The van der Waals surface area contributed by atoms with Crippen LogP contribution in [0.3, 0.4) is 0 Å². The zero-order chi connectivity index (χ0) is 11.9. The average Bonchev–Trinajstić information content (AvgIpc) is 1.98. The maximum atomic E-state index is 10.6. The molecule has 0 rings (SSSR count). The SMILES string of the molecule is CP(=O)(O)OCCOCCOP(C)(=O)O. The Morgan fingerprint density at radius 1 is 0.867 bits per heavy atom. The highest BCUT2D eigenvalue weighted by Crippen LogP contribution is 2.36. The largest absolute Gasteiger partial charge is 0.377 e. The van der Waals surface area contributed by atoms with Crippen molar-refractivity contribution in [3.63, 3.8) is 0 Å². The van der Waals surface area contributed by atoms with Crippen molar-refractivity contribution in [2.75, 3.05) is 39.8 Å². The van der Waals surface area contributed by atoms with Gasteiger partial charge in [0.25, 0.3) is 0 Å². The van der Waals surface area contributed by atoms with Crippen molar-refractivity contribution in [3.8, 4) is 0 Å². The third kappa shape index (κ3) is 14.3. The minimum Gasteiger partial charge on any atom is -0.377 e. The van der Waals surface area contributed by atoms with E-state index in [1.165, 1.54) is 0 Å². The number of hydrogen-bond acceptors (Lipinski definition) is 5. The lowest BCUT2D eigenvalue weighted by Gasteiger charge is -2.08. The van der Waals surface area contributed by atoms with Crippen molar-refractivity contribution in [1.82, 2.24) is 0 Å². The second kappa shape index (κ2) is 6.76. The molecule has 7 nitrogen and oxygen atoms in total. The first-order valence-electron chi connectivity index (χ1n) is 4.18. The standard InChI is InChI=1S/C6H16O7P2/c1-14(7,8)12-5-3-11-4-6-13-15(2,9)10/h3-6H2,1-2H3,(H,7,8)(H,9,10). The summed E-state index contributed by atoms with van der Waals surface area (Å²) in [6.45, 7) is 2.40. The Hall–Kier alpha value is 0.260. The molecule has 2 atom stereocenters. The van der Waals surface area contributed by atoms with Gasteiger partial charge in [0.2, 0.25) is 0 Å². The van der Waals surface area contributed by atoms with E-state index >= 15 is 0 Å². The monoisotopic (exact) mass is 262 g/mol. The molecule has 0 aromatic heterocycles. The van der Waals surface area contributed by atoms with Gasteiger partial charge in [0.1, 0.15) is 0 Å². The van der Waals surface area contributed by atoms with E-state index in [0.717, 1.165) is 13.3 Å². The molecule has 0 radical (unpaired) electrons. The smallest absolute Gasteiger partial charge is 0.325 e.